The Balaban J connectivity index is 4.34. The van der Waals surface area contributed by atoms with Crippen molar-refractivity contribution in [3.05, 3.63) is 12.7 Å². The number of rotatable bonds is 4. The van der Waals surface area contributed by atoms with Crippen LogP contribution in [0.25, 0.3) is 0 Å². The van der Waals surface area contributed by atoms with Crippen molar-refractivity contribution in [3.63, 3.8) is 0 Å². The van der Waals surface area contributed by atoms with E-state index in [-0.39, 0.29) is 0 Å². The van der Waals surface area contributed by atoms with E-state index in [1.54, 1.807) is 0 Å². The third-order valence-corrected chi connectivity index (χ3v) is 1.26. The Hall–Kier alpha value is -1.18. The summed E-state index contributed by atoms with van der Waals surface area (Å²) in [6.45, 7) is 2.86. The molecule has 0 spiro atoms. The summed E-state index contributed by atoms with van der Waals surface area (Å²) in [7, 11) is 0. The van der Waals surface area contributed by atoms with Gasteiger partial charge in [0.15, 0.2) is 0 Å². The van der Waals surface area contributed by atoms with E-state index < -0.39 is 30.8 Å². The number of ether oxygens (including phenoxy) is 1. The number of carbonyl (C=O) groups excluding carboxylic acids is 1. The van der Waals surface area contributed by atoms with Crippen molar-refractivity contribution in [2.75, 3.05) is 0 Å². The predicted octanol–water partition coefficient (Wildman–Crippen LogP) is 1.62. The van der Waals surface area contributed by atoms with E-state index in [9.17, 15) is 26.7 Å². The third kappa shape index (κ3) is 4.24. The zero-order chi connectivity index (χ0) is 12.3. The van der Waals surface area contributed by atoms with Crippen LogP contribution in [-0.2, 0) is 9.53 Å². The maximum atomic E-state index is 12.2. The standard InChI is InChI=1S/C7H7F5O3/c1-2-4(13)15-5(14)3-6(8,9)7(10,11)12/h2,5,14H,1,3H2. The molecule has 0 aliphatic heterocycles. The van der Waals surface area contributed by atoms with Crippen LogP contribution in [0.3, 0.4) is 0 Å². The summed E-state index contributed by atoms with van der Waals surface area (Å²) in [5, 5.41) is 8.58. The van der Waals surface area contributed by atoms with E-state index >= 15 is 0 Å². The highest BCUT2D eigenvalue weighted by atomic mass is 19.4. The second-order valence-corrected chi connectivity index (χ2v) is 2.50. The maximum absolute atomic E-state index is 12.2. The number of alkyl halides is 5. The van der Waals surface area contributed by atoms with Crippen molar-refractivity contribution in [2.24, 2.45) is 0 Å². The van der Waals surface area contributed by atoms with Gasteiger partial charge >= 0.3 is 18.1 Å². The Morgan fingerprint density at radius 3 is 2.20 bits per heavy atom. The average Bonchev–Trinajstić information content (AvgIpc) is 2.00. The molecular formula is C7H7F5O3. The molecule has 1 unspecified atom stereocenters. The number of esters is 1. The summed E-state index contributed by atoms with van der Waals surface area (Å²) < 4.78 is 63.0. The summed E-state index contributed by atoms with van der Waals surface area (Å²) in [6, 6.07) is 0. The highest BCUT2D eigenvalue weighted by Gasteiger charge is 2.58. The lowest BCUT2D eigenvalue weighted by Crippen LogP contribution is -2.40. The average molecular weight is 234 g/mol. The Bertz CT molecular complexity index is 248. The minimum absolute atomic E-state index is 0.523. The molecule has 0 aromatic heterocycles. The molecule has 0 fully saturated rings. The van der Waals surface area contributed by atoms with Gasteiger partial charge in [-0.3, -0.25) is 0 Å². The minimum atomic E-state index is -5.80. The van der Waals surface area contributed by atoms with Crippen LogP contribution in [0.2, 0.25) is 0 Å². The maximum Gasteiger partial charge on any atom is 0.453 e. The van der Waals surface area contributed by atoms with Gasteiger partial charge in [0.25, 0.3) is 0 Å². The number of aliphatic hydroxyl groups is 1. The lowest BCUT2D eigenvalue weighted by atomic mass is 10.2. The number of aliphatic hydroxyl groups excluding tert-OH is 1. The lowest BCUT2D eigenvalue weighted by molar-refractivity contribution is -0.300. The fourth-order valence-corrected chi connectivity index (χ4v) is 0.559. The fraction of sp³-hybridized carbons (Fsp3) is 0.571. The molecule has 0 bridgehead atoms. The molecule has 0 aliphatic carbocycles. The van der Waals surface area contributed by atoms with Gasteiger partial charge in [-0.2, -0.15) is 22.0 Å². The van der Waals surface area contributed by atoms with Gasteiger partial charge in [0, 0.05) is 6.08 Å². The van der Waals surface area contributed by atoms with Crippen LogP contribution < -0.4 is 0 Å². The Labute approximate surface area is 81.1 Å². The van der Waals surface area contributed by atoms with E-state index in [1.807, 2.05) is 0 Å². The fourth-order valence-electron chi connectivity index (χ4n) is 0.559. The first-order valence-corrected chi connectivity index (χ1v) is 3.56. The molecule has 0 saturated carbocycles. The molecule has 1 N–H and O–H groups in total. The Kier molecular flexibility index (Phi) is 4.20. The van der Waals surface area contributed by atoms with Gasteiger partial charge in [-0.05, 0) is 0 Å². The van der Waals surface area contributed by atoms with Crippen LogP contribution in [0.1, 0.15) is 6.42 Å². The van der Waals surface area contributed by atoms with Crippen molar-refractivity contribution >= 4 is 5.97 Å². The van der Waals surface area contributed by atoms with Gasteiger partial charge in [0.2, 0.25) is 6.29 Å². The molecule has 0 rings (SSSR count). The second kappa shape index (κ2) is 4.56. The van der Waals surface area contributed by atoms with E-state index in [0.29, 0.717) is 6.08 Å². The molecule has 1 atom stereocenters. The van der Waals surface area contributed by atoms with Crippen LogP contribution in [0, 0.1) is 0 Å². The van der Waals surface area contributed by atoms with Gasteiger partial charge in [-0.1, -0.05) is 6.58 Å². The van der Waals surface area contributed by atoms with E-state index in [2.05, 4.69) is 11.3 Å². The molecule has 8 heteroatoms. The topological polar surface area (TPSA) is 46.5 Å². The normalized spacial score (nSPS) is 14.5. The monoisotopic (exact) mass is 234 g/mol. The van der Waals surface area contributed by atoms with Crippen LogP contribution in [0.4, 0.5) is 22.0 Å². The van der Waals surface area contributed by atoms with Crippen molar-refractivity contribution in [2.45, 2.75) is 24.8 Å². The van der Waals surface area contributed by atoms with Crippen molar-refractivity contribution in [3.8, 4) is 0 Å². The number of carbonyl (C=O) groups is 1. The largest absolute Gasteiger partial charge is 0.453 e. The highest BCUT2D eigenvalue weighted by Crippen LogP contribution is 2.38. The summed E-state index contributed by atoms with van der Waals surface area (Å²) >= 11 is 0. The van der Waals surface area contributed by atoms with Crippen molar-refractivity contribution in [1.82, 2.24) is 0 Å². The SMILES string of the molecule is C=CC(=O)OC(O)CC(F)(F)C(F)(F)F. The number of hydrogen-bond acceptors (Lipinski definition) is 3. The van der Waals surface area contributed by atoms with Gasteiger partial charge < -0.3 is 9.84 Å². The predicted molar refractivity (Wildman–Crippen MR) is 37.9 cm³/mol. The molecule has 0 heterocycles. The molecule has 0 saturated heterocycles. The molecule has 0 aliphatic rings. The third-order valence-electron chi connectivity index (χ3n) is 1.26. The Morgan fingerprint density at radius 1 is 1.40 bits per heavy atom. The zero-order valence-electron chi connectivity index (χ0n) is 7.22. The molecule has 3 nitrogen and oxygen atoms in total. The second-order valence-electron chi connectivity index (χ2n) is 2.50. The first kappa shape index (κ1) is 13.8. The quantitative estimate of drug-likeness (QED) is 0.348. The zero-order valence-corrected chi connectivity index (χ0v) is 7.22. The van der Waals surface area contributed by atoms with Crippen LogP contribution >= 0.6 is 0 Å². The first-order valence-electron chi connectivity index (χ1n) is 3.56. The minimum Gasteiger partial charge on any atom is -0.433 e. The van der Waals surface area contributed by atoms with Gasteiger partial charge in [-0.15, -0.1) is 0 Å². The molecule has 15 heavy (non-hydrogen) atoms. The lowest BCUT2D eigenvalue weighted by Gasteiger charge is -2.21. The van der Waals surface area contributed by atoms with Crippen LogP contribution in [-0.4, -0.2) is 29.5 Å². The molecule has 0 aromatic carbocycles. The van der Waals surface area contributed by atoms with Crippen molar-refractivity contribution < 1.29 is 36.6 Å². The first-order chi connectivity index (χ1) is 6.60. The van der Waals surface area contributed by atoms with Crippen LogP contribution in [0.5, 0.6) is 0 Å². The van der Waals surface area contributed by atoms with E-state index in [1.165, 1.54) is 0 Å². The summed E-state index contributed by atoms with van der Waals surface area (Å²) in [4.78, 5) is 10.3. The molecule has 0 aromatic rings. The molecule has 88 valence electrons. The molecule has 0 amide bonds. The highest BCUT2D eigenvalue weighted by molar-refractivity contribution is 5.81. The van der Waals surface area contributed by atoms with Gasteiger partial charge in [-0.25, -0.2) is 4.79 Å². The summed E-state index contributed by atoms with van der Waals surface area (Å²) in [6.07, 6.45) is -9.85. The van der Waals surface area contributed by atoms with E-state index in [0.717, 1.165) is 0 Å². The smallest absolute Gasteiger partial charge is 0.433 e. The molecular weight excluding hydrogens is 227 g/mol. The Morgan fingerprint density at radius 2 is 1.87 bits per heavy atom. The van der Waals surface area contributed by atoms with Crippen LogP contribution in [0.15, 0.2) is 12.7 Å². The number of halogens is 5. The van der Waals surface area contributed by atoms with Gasteiger partial charge in [0.05, 0.1) is 6.42 Å². The molecule has 0 radical (unpaired) electrons. The summed E-state index contributed by atoms with van der Waals surface area (Å²) in [5.41, 5.74) is 0. The van der Waals surface area contributed by atoms with E-state index in [4.69, 9.17) is 5.11 Å². The van der Waals surface area contributed by atoms with Gasteiger partial charge in [0.1, 0.15) is 0 Å². The summed E-state index contributed by atoms with van der Waals surface area (Å²) in [5.74, 6) is -6.41. The van der Waals surface area contributed by atoms with Crippen molar-refractivity contribution in [1.29, 1.82) is 0 Å². The number of hydrogen-bond donors (Lipinski definition) is 1.